The Labute approximate surface area is 138 Å². The first-order valence-corrected chi connectivity index (χ1v) is 9.45. The van der Waals surface area contributed by atoms with Crippen molar-refractivity contribution in [3.8, 4) is 0 Å². The molecule has 1 heterocycles. The first-order valence-electron chi connectivity index (χ1n) is 9.45. The molecular formula is C20H27FO2. The molecule has 1 saturated heterocycles. The highest BCUT2D eigenvalue weighted by atomic mass is 19.1. The minimum atomic E-state index is -0.601. The van der Waals surface area contributed by atoms with Crippen molar-refractivity contribution in [1.29, 1.82) is 0 Å². The standard InChI is InChI=1S/C20H27FO2/c1-19-8-6-15-14-7-9-20(22-10-11-23-20)12-13(14)2-3-16(15)17(19)4-5-18(19)21/h6,16-18H,2-5,7-12H2,1H3/t16-,17+,18-,19+/m1/s1. The summed E-state index contributed by atoms with van der Waals surface area (Å²) in [5.41, 5.74) is 4.64. The molecule has 126 valence electrons. The summed E-state index contributed by atoms with van der Waals surface area (Å²) >= 11 is 0. The highest BCUT2D eigenvalue weighted by molar-refractivity contribution is 5.44. The third kappa shape index (κ3) is 1.99. The molecule has 0 amide bonds. The number of hydrogen-bond donors (Lipinski definition) is 0. The van der Waals surface area contributed by atoms with Crippen LogP contribution in [0.5, 0.6) is 0 Å². The van der Waals surface area contributed by atoms with Gasteiger partial charge in [0.2, 0.25) is 0 Å². The molecular weight excluding hydrogens is 291 g/mol. The maximum atomic E-state index is 14.5. The van der Waals surface area contributed by atoms with Gasteiger partial charge in [0.1, 0.15) is 6.17 Å². The third-order valence-electron chi connectivity index (χ3n) is 7.53. The van der Waals surface area contributed by atoms with Crippen molar-refractivity contribution in [3.05, 3.63) is 22.8 Å². The molecule has 4 aliphatic carbocycles. The Morgan fingerprint density at radius 3 is 2.78 bits per heavy atom. The quantitative estimate of drug-likeness (QED) is 0.644. The fourth-order valence-corrected chi connectivity index (χ4v) is 6.23. The van der Waals surface area contributed by atoms with Crippen LogP contribution in [0.1, 0.15) is 58.3 Å². The molecule has 0 unspecified atom stereocenters. The Balaban J connectivity index is 1.48. The van der Waals surface area contributed by atoms with Crippen LogP contribution in [-0.4, -0.2) is 25.2 Å². The number of alkyl halides is 1. The number of allylic oxidation sites excluding steroid dienone is 3. The van der Waals surface area contributed by atoms with E-state index in [0.29, 0.717) is 11.8 Å². The van der Waals surface area contributed by atoms with E-state index in [9.17, 15) is 4.39 Å². The first-order chi connectivity index (χ1) is 11.1. The lowest BCUT2D eigenvalue weighted by Crippen LogP contribution is -2.41. The van der Waals surface area contributed by atoms with Gasteiger partial charge in [-0.1, -0.05) is 18.6 Å². The van der Waals surface area contributed by atoms with E-state index in [2.05, 4.69) is 13.0 Å². The molecule has 23 heavy (non-hydrogen) atoms. The van der Waals surface area contributed by atoms with Gasteiger partial charge in [0.15, 0.2) is 5.79 Å². The average molecular weight is 318 g/mol. The van der Waals surface area contributed by atoms with Crippen LogP contribution in [0.2, 0.25) is 0 Å². The molecule has 0 bridgehead atoms. The summed E-state index contributed by atoms with van der Waals surface area (Å²) in [7, 11) is 0. The zero-order valence-electron chi connectivity index (χ0n) is 14.1. The summed E-state index contributed by atoms with van der Waals surface area (Å²) < 4.78 is 26.3. The molecule has 0 N–H and O–H groups in total. The van der Waals surface area contributed by atoms with Gasteiger partial charge in [-0.25, -0.2) is 4.39 Å². The van der Waals surface area contributed by atoms with Gasteiger partial charge in [-0.05, 0) is 61.5 Å². The molecule has 4 atom stereocenters. The highest BCUT2D eigenvalue weighted by Gasteiger charge is 2.54. The van der Waals surface area contributed by atoms with Crippen molar-refractivity contribution in [2.24, 2.45) is 17.3 Å². The van der Waals surface area contributed by atoms with E-state index >= 15 is 0 Å². The molecule has 5 rings (SSSR count). The molecule has 0 aromatic heterocycles. The van der Waals surface area contributed by atoms with E-state index in [1.165, 1.54) is 6.42 Å². The molecule has 2 nitrogen and oxygen atoms in total. The summed E-state index contributed by atoms with van der Waals surface area (Å²) in [5.74, 6) is 0.849. The number of rotatable bonds is 0. The predicted octanol–water partition coefficient (Wildman–Crippen LogP) is 4.70. The number of halogens is 1. The lowest BCUT2D eigenvalue weighted by molar-refractivity contribution is -0.164. The van der Waals surface area contributed by atoms with Crippen LogP contribution in [-0.2, 0) is 9.47 Å². The van der Waals surface area contributed by atoms with Gasteiger partial charge < -0.3 is 9.47 Å². The molecule has 0 aromatic carbocycles. The largest absolute Gasteiger partial charge is 0.347 e. The molecule has 1 saturated carbocycles. The van der Waals surface area contributed by atoms with Crippen molar-refractivity contribution in [3.63, 3.8) is 0 Å². The minimum Gasteiger partial charge on any atom is -0.347 e. The molecule has 1 aliphatic heterocycles. The van der Waals surface area contributed by atoms with Crippen LogP contribution < -0.4 is 0 Å². The van der Waals surface area contributed by atoms with Crippen molar-refractivity contribution in [2.75, 3.05) is 13.2 Å². The molecule has 1 spiro atoms. The Morgan fingerprint density at radius 1 is 1.13 bits per heavy atom. The van der Waals surface area contributed by atoms with E-state index in [1.54, 1.807) is 16.7 Å². The van der Waals surface area contributed by atoms with Crippen molar-refractivity contribution < 1.29 is 13.9 Å². The summed E-state index contributed by atoms with van der Waals surface area (Å²) in [6.07, 6.45) is 9.98. The molecule has 5 aliphatic rings. The SMILES string of the molecule is C[C@]12CC=C3C4=C(CC[C@H]3[C@@H]1CC[C@H]2F)CC1(CC4)OCCO1. The van der Waals surface area contributed by atoms with E-state index in [0.717, 1.165) is 58.2 Å². The fraction of sp³-hybridized carbons (Fsp3) is 0.800. The van der Waals surface area contributed by atoms with Crippen LogP contribution in [0.3, 0.4) is 0 Å². The third-order valence-corrected chi connectivity index (χ3v) is 7.53. The minimum absolute atomic E-state index is 0.0974. The normalized spacial score (nSPS) is 44.8. The van der Waals surface area contributed by atoms with Gasteiger partial charge in [0, 0.05) is 18.3 Å². The summed E-state index contributed by atoms with van der Waals surface area (Å²) in [6, 6.07) is 0. The van der Waals surface area contributed by atoms with Crippen molar-refractivity contribution in [1.82, 2.24) is 0 Å². The van der Waals surface area contributed by atoms with Gasteiger partial charge in [0.05, 0.1) is 13.2 Å². The van der Waals surface area contributed by atoms with Crippen LogP contribution in [0.15, 0.2) is 22.8 Å². The monoisotopic (exact) mass is 318 g/mol. The smallest absolute Gasteiger partial charge is 0.172 e. The first kappa shape index (κ1) is 14.7. The van der Waals surface area contributed by atoms with Gasteiger partial charge in [0.25, 0.3) is 0 Å². The van der Waals surface area contributed by atoms with Crippen LogP contribution in [0, 0.1) is 17.3 Å². The van der Waals surface area contributed by atoms with Crippen LogP contribution in [0.25, 0.3) is 0 Å². The lowest BCUT2D eigenvalue weighted by Gasteiger charge is -2.47. The second-order valence-corrected chi connectivity index (χ2v) is 8.53. The van der Waals surface area contributed by atoms with Gasteiger partial charge in [-0.2, -0.15) is 0 Å². The predicted molar refractivity (Wildman–Crippen MR) is 86.7 cm³/mol. The summed E-state index contributed by atoms with van der Waals surface area (Å²) in [6.45, 7) is 3.68. The number of hydrogen-bond acceptors (Lipinski definition) is 2. The molecule has 2 fully saturated rings. The summed E-state index contributed by atoms with van der Waals surface area (Å²) in [4.78, 5) is 0. The Bertz CT molecular complexity index is 586. The number of ether oxygens (including phenoxy) is 2. The van der Waals surface area contributed by atoms with E-state index in [1.807, 2.05) is 0 Å². The van der Waals surface area contributed by atoms with E-state index < -0.39 is 6.17 Å². The van der Waals surface area contributed by atoms with Gasteiger partial charge >= 0.3 is 0 Å². The molecule has 0 aromatic rings. The fourth-order valence-electron chi connectivity index (χ4n) is 6.23. The molecule has 0 radical (unpaired) electrons. The maximum absolute atomic E-state index is 14.5. The van der Waals surface area contributed by atoms with Crippen molar-refractivity contribution >= 4 is 0 Å². The Hall–Kier alpha value is -0.670. The van der Waals surface area contributed by atoms with Crippen molar-refractivity contribution in [2.45, 2.75) is 70.2 Å². The molecule has 3 heteroatoms. The Kier molecular flexibility index (Phi) is 3.13. The number of fused-ring (bicyclic) bond motifs is 4. The topological polar surface area (TPSA) is 18.5 Å². The van der Waals surface area contributed by atoms with E-state index in [4.69, 9.17) is 9.47 Å². The van der Waals surface area contributed by atoms with Gasteiger partial charge in [-0.3, -0.25) is 0 Å². The van der Waals surface area contributed by atoms with Crippen LogP contribution in [0.4, 0.5) is 4.39 Å². The second kappa shape index (κ2) is 4.92. The van der Waals surface area contributed by atoms with E-state index in [-0.39, 0.29) is 11.2 Å². The summed E-state index contributed by atoms with van der Waals surface area (Å²) in [5, 5.41) is 0. The second-order valence-electron chi connectivity index (χ2n) is 8.53. The highest BCUT2D eigenvalue weighted by Crippen LogP contribution is 2.60. The zero-order valence-corrected chi connectivity index (χ0v) is 14.1. The van der Waals surface area contributed by atoms with Crippen LogP contribution >= 0.6 is 0 Å². The lowest BCUT2D eigenvalue weighted by atomic mass is 9.58. The Morgan fingerprint density at radius 2 is 1.96 bits per heavy atom. The average Bonchev–Trinajstić information content (AvgIpc) is 3.12. The zero-order chi connectivity index (χ0) is 15.7. The maximum Gasteiger partial charge on any atom is 0.172 e. The van der Waals surface area contributed by atoms with Gasteiger partial charge in [-0.15, -0.1) is 0 Å².